The first-order valence-electron chi connectivity index (χ1n) is 5.78. The van der Waals surface area contributed by atoms with Crippen LogP contribution in [-0.2, 0) is 9.59 Å². The number of amides is 1. The number of nitrogens with one attached hydrogen (secondary N) is 1. The van der Waals surface area contributed by atoms with Gasteiger partial charge in [-0.15, -0.1) is 0 Å². The minimum Gasteiger partial charge on any atom is -0.481 e. The van der Waals surface area contributed by atoms with Crippen molar-refractivity contribution in [2.75, 3.05) is 0 Å². The SMILES string of the molecule is CC(NC(=O)C1CC1C(=O)O)c1ccccc1Br. The van der Waals surface area contributed by atoms with Crippen LogP contribution in [0.3, 0.4) is 0 Å². The Hall–Kier alpha value is -1.36. The molecule has 4 nitrogen and oxygen atoms in total. The fraction of sp³-hybridized carbons (Fsp3) is 0.385. The first kappa shape index (κ1) is 13.1. The third kappa shape index (κ3) is 2.72. The molecule has 3 unspecified atom stereocenters. The van der Waals surface area contributed by atoms with Crippen LogP contribution in [0.1, 0.15) is 24.9 Å². The van der Waals surface area contributed by atoms with Crippen molar-refractivity contribution in [2.24, 2.45) is 11.8 Å². The zero-order chi connectivity index (χ0) is 13.3. The Morgan fingerprint density at radius 3 is 2.61 bits per heavy atom. The molecule has 2 N–H and O–H groups in total. The van der Waals surface area contributed by atoms with Crippen LogP contribution in [0.15, 0.2) is 28.7 Å². The maximum Gasteiger partial charge on any atom is 0.307 e. The number of aliphatic carboxylic acids is 1. The Bertz CT molecular complexity index is 489. The molecule has 0 bridgehead atoms. The average molecular weight is 312 g/mol. The summed E-state index contributed by atoms with van der Waals surface area (Å²) in [6.45, 7) is 1.89. The second-order valence-corrected chi connectivity index (χ2v) is 5.39. The van der Waals surface area contributed by atoms with Gasteiger partial charge in [0.25, 0.3) is 0 Å². The predicted molar refractivity (Wildman–Crippen MR) is 69.9 cm³/mol. The first-order valence-corrected chi connectivity index (χ1v) is 6.57. The second kappa shape index (κ2) is 5.10. The highest BCUT2D eigenvalue weighted by atomic mass is 79.9. The standard InChI is InChI=1S/C13H14BrNO3/c1-7(8-4-2-3-5-11(8)14)15-12(16)9-6-10(9)13(17)18/h2-5,7,9-10H,6H2,1H3,(H,15,16)(H,17,18). The molecular formula is C13H14BrNO3. The van der Waals surface area contributed by atoms with Gasteiger partial charge in [0.1, 0.15) is 0 Å². The Kier molecular flexibility index (Phi) is 3.71. The monoisotopic (exact) mass is 311 g/mol. The molecular weight excluding hydrogens is 298 g/mol. The number of hydrogen-bond acceptors (Lipinski definition) is 2. The van der Waals surface area contributed by atoms with Gasteiger partial charge in [-0.05, 0) is 25.0 Å². The van der Waals surface area contributed by atoms with E-state index in [1.165, 1.54) is 0 Å². The molecule has 96 valence electrons. The van der Waals surface area contributed by atoms with E-state index in [0.29, 0.717) is 6.42 Å². The second-order valence-electron chi connectivity index (χ2n) is 4.54. The summed E-state index contributed by atoms with van der Waals surface area (Å²) in [6, 6.07) is 7.51. The van der Waals surface area contributed by atoms with Crippen molar-refractivity contribution >= 4 is 27.8 Å². The van der Waals surface area contributed by atoms with Crippen molar-refractivity contribution in [3.63, 3.8) is 0 Å². The van der Waals surface area contributed by atoms with Gasteiger partial charge in [-0.1, -0.05) is 34.1 Å². The Balaban J connectivity index is 1.97. The van der Waals surface area contributed by atoms with Gasteiger partial charge in [-0.2, -0.15) is 0 Å². The molecule has 0 aromatic heterocycles. The maximum absolute atomic E-state index is 11.8. The number of carboxylic acid groups (broad SMARTS) is 1. The summed E-state index contributed by atoms with van der Waals surface area (Å²) in [6.07, 6.45) is 0.448. The van der Waals surface area contributed by atoms with E-state index >= 15 is 0 Å². The average Bonchev–Trinajstić information content (AvgIpc) is 3.09. The van der Waals surface area contributed by atoms with E-state index in [-0.39, 0.29) is 17.9 Å². The van der Waals surface area contributed by atoms with E-state index in [2.05, 4.69) is 21.2 Å². The van der Waals surface area contributed by atoms with Gasteiger partial charge in [-0.25, -0.2) is 0 Å². The molecule has 18 heavy (non-hydrogen) atoms. The molecule has 1 aromatic rings. The summed E-state index contributed by atoms with van der Waals surface area (Å²) in [5, 5.41) is 11.6. The topological polar surface area (TPSA) is 66.4 Å². The highest BCUT2D eigenvalue weighted by Gasteiger charge is 2.48. The molecule has 0 saturated heterocycles. The van der Waals surface area contributed by atoms with Gasteiger partial charge < -0.3 is 10.4 Å². The normalized spacial score (nSPS) is 23.2. The molecule has 0 radical (unpaired) electrons. The molecule has 0 spiro atoms. The van der Waals surface area contributed by atoms with Gasteiger partial charge in [0.2, 0.25) is 5.91 Å². The van der Waals surface area contributed by atoms with Crippen molar-refractivity contribution in [1.29, 1.82) is 0 Å². The number of benzene rings is 1. The van der Waals surface area contributed by atoms with Gasteiger partial charge in [0, 0.05) is 4.47 Å². The maximum atomic E-state index is 11.8. The van der Waals surface area contributed by atoms with Crippen molar-refractivity contribution < 1.29 is 14.7 Å². The highest BCUT2D eigenvalue weighted by Crippen LogP contribution is 2.39. The molecule has 1 fully saturated rings. The highest BCUT2D eigenvalue weighted by molar-refractivity contribution is 9.10. The van der Waals surface area contributed by atoms with Crippen LogP contribution in [0, 0.1) is 11.8 Å². The number of carbonyl (C=O) groups is 2. The summed E-state index contributed by atoms with van der Waals surface area (Å²) in [5.74, 6) is -1.93. The lowest BCUT2D eigenvalue weighted by Crippen LogP contribution is -2.29. The lowest BCUT2D eigenvalue weighted by atomic mass is 10.1. The summed E-state index contributed by atoms with van der Waals surface area (Å²) in [5.41, 5.74) is 0.985. The van der Waals surface area contributed by atoms with Gasteiger partial charge >= 0.3 is 5.97 Å². The first-order chi connectivity index (χ1) is 8.50. The van der Waals surface area contributed by atoms with Crippen LogP contribution >= 0.6 is 15.9 Å². The van der Waals surface area contributed by atoms with E-state index in [1.807, 2.05) is 31.2 Å². The molecule has 5 heteroatoms. The Morgan fingerprint density at radius 2 is 2.06 bits per heavy atom. The number of carboxylic acids is 1. The fourth-order valence-corrected chi connectivity index (χ4v) is 2.61. The summed E-state index contributed by atoms with van der Waals surface area (Å²) >= 11 is 3.43. The summed E-state index contributed by atoms with van der Waals surface area (Å²) < 4.78 is 0.934. The van der Waals surface area contributed by atoms with E-state index in [0.717, 1.165) is 10.0 Å². The smallest absolute Gasteiger partial charge is 0.307 e. The lowest BCUT2D eigenvalue weighted by molar-refractivity contribution is -0.140. The third-order valence-corrected chi connectivity index (χ3v) is 3.90. The van der Waals surface area contributed by atoms with Gasteiger partial charge in [0.05, 0.1) is 17.9 Å². The molecule has 1 amide bonds. The molecule has 1 saturated carbocycles. The molecule has 1 aromatic carbocycles. The van der Waals surface area contributed by atoms with E-state index < -0.39 is 11.9 Å². The van der Waals surface area contributed by atoms with E-state index in [4.69, 9.17) is 5.11 Å². The summed E-state index contributed by atoms with van der Waals surface area (Å²) in [7, 11) is 0. The number of rotatable bonds is 4. The zero-order valence-electron chi connectivity index (χ0n) is 9.89. The predicted octanol–water partition coefficient (Wildman–Crippen LogP) is 2.35. The molecule has 1 aliphatic carbocycles. The van der Waals surface area contributed by atoms with E-state index in [9.17, 15) is 9.59 Å². The lowest BCUT2D eigenvalue weighted by Gasteiger charge is -2.15. The Morgan fingerprint density at radius 1 is 1.39 bits per heavy atom. The van der Waals surface area contributed by atoms with Crippen LogP contribution < -0.4 is 5.32 Å². The van der Waals surface area contributed by atoms with Gasteiger partial charge in [-0.3, -0.25) is 9.59 Å². The van der Waals surface area contributed by atoms with Crippen LogP contribution in [0.5, 0.6) is 0 Å². The number of carbonyl (C=O) groups excluding carboxylic acids is 1. The third-order valence-electron chi connectivity index (χ3n) is 3.17. The van der Waals surface area contributed by atoms with Gasteiger partial charge in [0.15, 0.2) is 0 Å². The quantitative estimate of drug-likeness (QED) is 0.897. The zero-order valence-corrected chi connectivity index (χ0v) is 11.5. The van der Waals surface area contributed by atoms with Crippen molar-refractivity contribution in [1.82, 2.24) is 5.32 Å². The largest absolute Gasteiger partial charge is 0.481 e. The van der Waals surface area contributed by atoms with Crippen LogP contribution in [-0.4, -0.2) is 17.0 Å². The minimum absolute atomic E-state index is 0.136. The van der Waals surface area contributed by atoms with E-state index in [1.54, 1.807) is 0 Å². The molecule has 0 heterocycles. The van der Waals surface area contributed by atoms with Crippen LogP contribution in [0.4, 0.5) is 0 Å². The number of halogens is 1. The van der Waals surface area contributed by atoms with Crippen molar-refractivity contribution in [2.45, 2.75) is 19.4 Å². The number of hydrogen-bond donors (Lipinski definition) is 2. The van der Waals surface area contributed by atoms with Crippen molar-refractivity contribution in [3.05, 3.63) is 34.3 Å². The molecule has 2 rings (SSSR count). The van der Waals surface area contributed by atoms with Crippen LogP contribution in [0.2, 0.25) is 0 Å². The van der Waals surface area contributed by atoms with Crippen LogP contribution in [0.25, 0.3) is 0 Å². The molecule has 1 aliphatic rings. The Labute approximate surface area is 114 Å². The fourth-order valence-electron chi connectivity index (χ4n) is 1.98. The van der Waals surface area contributed by atoms with Crippen molar-refractivity contribution in [3.8, 4) is 0 Å². The minimum atomic E-state index is -0.885. The molecule has 3 atom stereocenters. The molecule has 0 aliphatic heterocycles. The summed E-state index contributed by atoms with van der Waals surface area (Å²) in [4.78, 5) is 22.5.